The van der Waals surface area contributed by atoms with E-state index in [1.54, 1.807) is 13.0 Å². The van der Waals surface area contributed by atoms with Gasteiger partial charge in [0.1, 0.15) is 0 Å². The molecule has 0 radical (unpaired) electrons. The van der Waals surface area contributed by atoms with Crippen LogP contribution < -0.4 is 4.72 Å². The van der Waals surface area contributed by atoms with Gasteiger partial charge in [0.05, 0.1) is 11.5 Å². The standard InChI is InChI=1S/C13H18F3NO3S/c1-10-4-5-12(8-11(10)9-18)21(19,20)17-7-3-2-6-13(14,15)16/h4-5,8,17-18H,2-3,6-7,9H2,1H3. The minimum absolute atomic E-state index is 0.00651. The highest BCUT2D eigenvalue weighted by Crippen LogP contribution is 2.22. The van der Waals surface area contributed by atoms with Crippen molar-refractivity contribution in [3.63, 3.8) is 0 Å². The second-order valence-electron chi connectivity index (χ2n) is 4.72. The van der Waals surface area contributed by atoms with Crippen molar-refractivity contribution in [3.05, 3.63) is 29.3 Å². The van der Waals surface area contributed by atoms with Gasteiger partial charge in [-0.05, 0) is 43.0 Å². The minimum Gasteiger partial charge on any atom is -0.392 e. The molecule has 0 unspecified atom stereocenters. The SMILES string of the molecule is Cc1ccc(S(=O)(=O)NCCCCC(F)(F)F)cc1CO. The van der Waals surface area contributed by atoms with Crippen LogP contribution in [0.2, 0.25) is 0 Å². The number of aliphatic hydroxyl groups is 1. The Morgan fingerprint density at radius 2 is 1.90 bits per heavy atom. The molecule has 4 nitrogen and oxygen atoms in total. The van der Waals surface area contributed by atoms with Gasteiger partial charge in [-0.1, -0.05) is 6.07 Å². The first-order chi connectivity index (χ1) is 9.65. The Hall–Kier alpha value is -1.12. The summed E-state index contributed by atoms with van der Waals surface area (Å²) in [6.07, 6.45) is -5.15. The molecule has 0 aliphatic carbocycles. The summed E-state index contributed by atoms with van der Waals surface area (Å²) in [5.41, 5.74) is 1.26. The summed E-state index contributed by atoms with van der Waals surface area (Å²) in [5, 5.41) is 9.11. The molecular formula is C13H18F3NO3S. The molecule has 21 heavy (non-hydrogen) atoms. The predicted molar refractivity (Wildman–Crippen MR) is 72.2 cm³/mol. The zero-order valence-electron chi connectivity index (χ0n) is 11.6. The molecule has 0 aromatic heterocycles. The maximum absolute atomic E-state index is 12.0. The number of halogens is 3. The molecule has 1 rings (SSSR count). The van der Waals surface area contributed by atoms with Crippen LogP contribution in [-0.2, 0) is 16.6 Å². The predicted octanol–water partition coefficient (Wildman–Crippen LogP) is 2.50. The van der Waals surface area contributed by atoms with Crippen molar-refractivity contribution >= 4 is 10.0 Å². The topological polar surface area (TPSA) is 66.4 Å². The van der Waals surface area contributed by atoms with Crippen LogP contribution in [0.4, 0.5) is 13.2 Å². The molecule has 0 atom stereocenters. The molecular weight excluding hydrogens is 307 g/mol. The third-order valence-corrected chi connectivity index (χ3v) is 4.44. The fourth-order valence-electron chi connectivity index (χ4n) is 1.73. The van der Waals surface area contributed by atoms with Crippen molar-refractivity contribution in [2.75, 3.05) is 6.54 Å². The Labute approximate surface area is 122 Å². The Balaban J connectivity index is 2.58. The number of rotatable bonds is 7. The fourth-order valence-corrected chi connectivity index (χ4v) is 2.85. The second kappa shape index (κ2) is 7.24. The van der Waals surface area contributed by atoms with Crippen LogP contribution in [0.3, 0.4) is 0 Å². The lowest BCUT2D eigenvalue weighted by Crippen LogP contribution is -2.25. The molecule has 0 heterocycles. The highest BCUT2D eigenvalue weighted by atomic mass is 32.2. The van der Waals surface area contributed by atoms with Gasteiger partial charge in [0.2, 0.25) is 10.0 Å². The highest BCUT2D eigenvalue weighted by molar-refractivity contribution is 7.89. The number of aliphatic hydroxyl groups excluding tert-OH is 1. The number of sulfonamides is 1. The van der Waals surface area contributed by atoms with Crippen molar-refractivity contribution in [2.24, 2.45) is 0 Å². The summed E-state index contributed by atoms with van der Waals surface area (Å²) < 4.78 is 62.0. The van der Waals surface area contributed by atoms with Gasteiger partial charge in [0, 0.05) is 13.0 Å². The molecule has 2 N–H and O–H groups in total. The summed E-state index contributed by atoms with van der Waals surface area (Å²) >= 11 is 0. The first-order valence-corrected chi connectivity index (χ1v) is 7.91. The largest absolute Gasteiger partial charge is 0.392 e. The van der Waals surface area contributed by atoms with Gasteiger partial charge >= 0.3 is 6.18 Å². The zero-order valence-corrected chi connectivity index (χ0v) is 12.4. The minimum atomic E-state index is -4.22. The summed E-state index contributed by atoms with van der Waals surface area (Å²) in [6, 6.07) is 4.32. The number of unbranched alkanes of at least 4 members (excludes halogenated alkanes) is 1. The summed E-state index contributed by atoms with van der Waals surface area (Å²) in [4.78, 5) is -0.00651. The van der Waals surface area contributed by atoms with Gasteiger partial charge in [0.25, 0.3) is 0 Å². The molecule has 0 saturated carbocycles. The quantitative estimate of drug-likeness (QED) is 0.757. The van der Waals surface area contributed by atoms with Crippen molar-refractivity contribution in [3.8, 4) is 0 Å². The molecule has 0 aliphatic heterocycles. The van der Waals surface area contributed by atoms with Crippen molar-refractivity contribution in [1.82, 2.24) is 4.72 Å². The number of aryl methyl sites for hydroxylation is 1. The van der Waals surface area contributed by atoms with Gasteiger partial charge in [-0.15, -0.1) is 0 Å². The molecule has 0 saturated heterocycles. The van der Waals surface area contributed by atoms with E-state index in [-0.39, 0.29) is 30.9 Å². The van der Waals surface area contributed by atoms with Gasteiger partial charge in [0.15, 0.2) is 0 Å². The third-order valence-electron chi connectivity index (χ3n) is 2.98. The van der Waals surface area contributed by atoms with Crippen molar-refractivity contribution in [2.45, 2.75) is 43.9 Å². The molecule has 0 fully saturated rings. The first kappa shape index (κ1) is 17.9. The van der Waals surface area contributed by atoms with Crippen LogP contribution >= 0.6 is 0 Å². The van der Waals surface area contributed by atoms with E-state index < -0.39 is 22.6 Å². The van der Waals surface area contributed by atoms with Crippen molar-refractivity contribution in [1.29, 1.82) is 0 Å². The smallest absolute Gasteiger partial charge is 0.389 e. The van der Waals surface area contributed by atoms with Crippen LogP contribution in [-0.4, -0.2) is 26.2 Å². The van der Waals surface area contributed by atoms with Crippen LogP contribution in [0.15, 0.2) is 23.1 Å². The van der Waals surface area contributed by atoms with Gasteiger partial charge in [-0.2, -0.15) is 13.2 Å². The fraction of sp³-hybridized carbons (Fsp3) is 0.538. The van der Waals surface area contributed by atoms with Gasteiger partial charge in [-0.3, -0.25) is 0 Å². The van der Waals surface area contributed by atoms with E-state index in [0.29, 0.717) is 5.56 Å². The van der Waals surface area contributed by atoms with E-state index in [0.717, 1.165) is 5.56 Å². The van der Waals surface area contributed by atoms with Crippen LogP contribution in [0.25, 0.3) is 0 Å². The van der Waals surface area contributed by atoms with Gasteiger partial charge < -0.3 is 5.11 Å². The summed E-state index contributed by atoms with van der Waals surface area (Å²) in [5.74, 6) is 0. The molecule has 8 heteroatoms. The Bertz CT molecular complexity index is 571. The molecule has 0 amide bonds. The summed E-state index contributed by atoms with van der Waals surface area (Å²) in [6.45, 7) is 1.41. The number of alkyl halides is 3. The van der Waals surface area contributed by atoms with E-state index in [1.807, 2.05) is 0 Å². The molecule has 0 bridgehead atoms. The molecule has 1 aromatic rings. The zero-order chi connectivity index (χ0) is 16.1. The summed E-state index contributed by atoms with van der Waals surface area (Å²) in [7, 11) is -3.77. The van der Waals surface area contributed by atoms with E-state index in [9.17, 15) is 21.6 Å². The highest BCUT2D eigenvalue weighted by Gasteiger charge is 2.26. The number of hydrogen-bond donors (Lipinski definition) is 2. The van der Waals surface area contributed by atoms with Crippen LogP contribution in [0, 0.1) is 6.92 Å². The van der Waals surface area contributed by atoms with E-state index in [2.05, 4.69) is 4.72 Å². The Kier molecular flexibility index (Phi) is 6.18. The second-order valence-corrected chi connectivity index (χ2v) is 6.48. The average Bonchev–Trinajstić information content (AvgIpc) is 2.37. The lowest BCUT2D eigenvalue weighted by molar-refractivity contribution is -0.135. The number of benzene rings is 1. The molecule has 0 aliphatic rings. The van der Waals surface area contributed by atoms with Gasteiger partial charge in [-0.25, -0.2) is 13.1 Å². The lowest BCUT2D eigenvalue weighted by atomic mass is 10.1. The monoisotopic (exact) mass is 325 g/mol. The Morgan fingerprint density at radius 1 is 1.24 bits per heavy atom. The lowest BCUT2D eigenvalue weighted by Gasteiger charge is -2.10. The molecule has 120 valence electrons. The van der Waals surface area contributed by atoms with Crippen LogP contribution in [0.5, 0.6) is 0 Å². The number of hydrogen-bond acceptors (Lipinski definition) is 3. The van der Waals surface area contributed by atoms with E-state index in [4.69, 9.17) is 5.11 Å². The maximum Gasteiger partial charge on any atom is 0.389 e. The molecule has 1 aromatic carbocycles. The first-order valence-electron chi connectivity index (χ1n) is 6.42. The number of nitrogens with one attached hydrogen (secondary N) is 1. The Morgan fingerprint density at radius 3 is 2.48 bits per heavy atom. The van der Waals surface area contributed by atoms with Crippen molar-refractivity contribution < 1.29 is 26.7 Å². The van der Waals surface area contributed by atoms with E-state index >= 15 is 0 Å². The van der Waals surface area contributed by atoms with E-state index in [1.165, 1.54) is 12.1 Å². The normalized spacial score (nSPS) is 12.6. The maximum atomic E-state index is 12.0. The molecule has 0 spiro atoms. The third kappa shape index (κ3) is 6.03. The average molecular weight is 325 g/mol. The van der Waals surface area contributed by atoms with Crippen LogP contribution in [0.1, 0.15) is 30.4 Å².